The molecule has 3 rings (SSSR count). The SMILES string of the molecule is Cc1cnc2c(c1F)C(C)(C)c1c-2ccc(F)c1C. The molecule has 0 atom stereocenters. The maximum atomic E-state index is 14.5. The molecule has 1 heterocycles. The molecule has 1 aliphatic rings. The smallest absolute Gasteiger partial charge is 0.133 e. The van der Waals surface area contributed by atoms with E-state index in [4.69, 9.17) is 0 Å². The van der Waals surface area contributed by atoms with Gasteiger partial charge in [0.2, 0.25) is 0 Å². The van der Waals surface area contributed by atoms with E-state index in [-0.39, 0.29) is 11.6 Å². The first-order chi connectivity index (χ1) is 8.85. The molecule has 1 aromatic heterocycles. The predicted octanol–water partition coefficient (Wildman–Crippen LogP) is 4.28. The second-order valence-corrected chi connectivity index (χ2v) is 5.70. The van der Waals surface area contributed by atoms with E-state index in [0.29, 0.717) is 22.4 Å². The number of rotatable bonds is 0. The van der Waals surface area contributed by atoms with Gasteiger partial charge in [-0.25, -0.2) is 8.78 Å². The van der Waals surface area contributed by atoms with Crippen molar-refractivity contribution in [3.05, 3.63) is 52.2 Å². The second kappa shape index (κ2) is 3.62. The summed E-state index contributed by atoms with van der Waals surface area (Å²) in [6.07, 6.45) is 1.54. The van der Waals surface area contributed by atoms with Gasteiger partial charge in [-0.15, -0.1) is 0 Å². The van der Waals surface area contributed by atoms with Gasteiger partial charge in [0, 0.05) is 28.3 Å². The first kappa shape index (κ1) is 12.3. The highest BCUT2D eigenvalue weighted by Gasteiger charge is 2.41. The van der Waals surface area contributed by atoms with Gasteiger partial charge in [0.25, 0.3) is 0 Å². The Hall–Kier alpha value is -1.77. The normalized spacial score (nSPS) is 15.3. The molecule has 1 aromatic carbocycles. The molecule has 0 unspecified atom stereocenters. The van der Waals surface area contributed by atoms with Crippen molar-refractivity contribution in [2.24, 2.45) is 0 Å². The molecular formula is C16H15F2N. The highest BCUT2D eigenvalue weighted by molar-refractivity contribution is 5.79. The van der Waals surface area contributed by atoms with E-state index in [1.165, 1.54) is 12.3 Å². The van der Waals surface area contributed by atoms with Gasteiger partial charge in [-0.3, -0.25) is 4.98 Å². The molecule has 2 aromatic rings. The fraction of sp³-hybridized carbons (Fsp3) is 0.312. The van der Waals surface area contributed by atoms with Crippen LogP contribution in [-0.4, -0.2) is 4.98 Å². The molecule has 19 heavy (non-hydrogen) atoms. The molecule has 1 aliphatic carbocycles. The van der Waals surface area contributed by atoms with E-state index in [9.17, 15) is 8.78 Å². The summed E-state index contributed by atoms with van der Waals surface area (Å²) in [4.78, 5) is 4.36. The predicted molar refractivity (Wildman–Crippen MR) is 71.2 cm³/mol. The zero-order chi connectivity index (χ0) is 13.9. The summed E-state index contributed by atoms with van der Waals surface area (Å²) < 4.78 is 28.3. The summed E-state index contributed by atoms with van der Waals surface area (Å²) in [6.45, 7) is 7.30. The first-order valence-electron chi connectivity index (χ1n) is 6.31. The van der Waals surface area contributed by atoms with Crippen LogP contribution in [0.3, 0.4) is 0 Å². The Balaban J connectivity index is 2.46. The number of aryl methyl sites for hydroxylation is 1. The average Bonchev–Trinajstić information content (AvgIpc) is 2.58. The minimum absolute atomic E-state index is 0.231. The molecule has 0 bridgehead atoms. The Morgan fingerprint density at radius 2 is 1.74 bits per heavy atom. The van der Waals surface area contributed by atoms with Gasteiger partial charge < -0.3 is 0 Å². The number of aromatic nitrogens is 1. The van der Waals surface area contributed by atoms with Crippen molar-refractivity contribution >= 4 is 0 Å². The summed E-state index contributed by atoms with van der Waals surface area (Å²) in [7, 11) is 0. The molecule has 0 fully saturated rings. The van der Waals surface area contributed by atoms with E-state index in [0.717, 1.165) is 11.1 Å². The Morgan fingerprint density at radius 1 is 1.05 bits per heavy atom. The quantitative estimate of drug-likeness (QED) is 0.688. The standard InChI is InChI=1S/C16H15F2N/c1-8-7-19-15-10-5-6-11(17)9(2)12(10)16(3,4)13(15)14(8)18/h5-7H,1-4H3. The largest absolute Gasteiger partial charge is 0.255 e. The van der Waals surface area contributed by atoms with Crippen LogP contribution in [0.15, 0.2) is 18.3 Å². The third-order valence-electron chi connectivity index (χ3n) is 4.09. The fourth-order valence-electron chi connectivity index (χ4n) is 3.17. The van der Waals surface area contributed by atoms with Gasteiger partial charge in [0.15, 0.2) is 0 Å². The lowest BCUT2D eigenvalue weighted by molar-refractivity contribution is 0.543. The molecule has 3 heteroatoms. The minimum atomic E-state index is -0.556. The summed E-state index contributed by atoms with van der Waals surface area (Å²) in [5.41, 5.74) is 3.47. The van der Waals surface area contributed by atoms with Crippen LogP contribution in [-0.2, 0) is 5.41 Å². The lowest BCUT2D eigenvalue weighted by Gasteiger charge is -2.23. The van der Waals surface area contributed by atoms with Gasteiger partial charge in [-0.2, -0.15) is 0 Å². The van der Waals surface area contributed by atoms with Crippen molar-refractivity contribution in [1.82, 2.24) is 4.98 Å². The molecule has 0 saturated carbocycles. The topological polar surface area (TPSA) is 12.9 Å². The highest BCUT2D eigenvalue weighted by Crippen LogP contribution is 2.50. The maximum Gasteiger partial charge on any atom is 0.133 e. The zero-order valence-electron chi connectivity index (χ0n) is 11.4. The summed E-state index contributed by atoms with van der Waals surface area (Å²) >= 11 is 0. The number of halogens is 2. The van der Waals surface area contributed by atoms with Gasteiger partial charge in [-0.05, 0) is 37.1 Å². The number of benzene rings is 1. The Labute approximate surface area is 111 Å². The first-order valence-corrected chi connectivity index (χ1v) is 6.31. The molecule has 0 radical (unpaired) electrons. The fourth-order valence-corrected chi connectivity index (χ4v) is 3.17. The molecule has 0 aliphatic heterocycles. The molecule has 0 saturated heterocycles. The Bertz CT molecular complexity index is 643. The third-order valence-corrected chi connectivity index (χ3v) is 4.09. The van der Waals surface area contributed by atoms with Crippen LogP contribution in [0.25, 0.3) is 11.3 Å². The van der Waals surface area contributed by atoms with E-state index < -0.39 is 5.41 Å². The summed E-state index contributed by atoms with van der Waals surface area (Å²) in [5.74, 6) is -0.484. The van der Waals surface area contributed by atoms with Crippen LogP contribution in [0.2, 0.25) is 0 Å². The average molecular weight is 259 g/mol. The molecule has 0 N–H and O–H groups in total. The van der Waals surface area contributed by atoms with E-state index >= 15 is 0 Å². The van der Waals surface area contributed by atoms with Crippen molar-refractivity contribution in [1.29, 1.82) is 0 Å². The van der Waals surface area contributed by atoms with Gasteiger partial charge in [0.1, 0.15) is 11.6 Å². The lowest BCUT2D eigenvalue weighted by Crippen LogP contribution is -2.19. The van der Waals surface area contributed by atoms with E-state index in [1.807, 2.05) is 13.8 Å². The van der Waals surface area contributed by atoms with Crippen LogP contribution < -0.4 is 0 Å². The van der Waals surface area contributed by atoms with Gasteiger partial charge >= 0.3 is 0 Å². The summed E-state index contributed by atoms with van der Waals surface area (Å²) in [6, 6.07) is 3.13. The van der Waals surface area contributed by atoms with Crippen molar-refractivity contribution in [3.8, 4) is 11.3 Å². The number of nitrogens with zero attached hydrogens (tertiary/aromatic N) is 1. The van der Waals surface area contributed by atoms with Crippen molar-refractivity contribution < 1.29 is 8.78 Å². The molecule has 1 nitrogen and oxygen atoms in total. The van der Waals surface area contributed by atoms with Crippen LogP contribution in [0.1, 0.15) is 36.1 Å². The lowest BCUT2D eigenvalue weighted by atomic mass is 9.80. The molecule has 0 spiro atoms. The van der Waals surface area contributed by atoms with Crippen LogP contribution in [0.5, 0.6) is 0 Å². The van der Waals surface area contributed by atoms with Gasteiger partial charge in [-0.1, -0.05) is 13.8 Å². The highest BCUT2D eigenvalue weighted by atomic mass is 19.1. The van der Waals surface area contributed by atoms with E-state index in [2.05, 4.69) is 4.98 Å². The Morgan fingerprint density at radius 3 is 2.42 bits per heavy atom. The number of hydrogen-bond acceptors (Lipinski definition) is 1. The van der Waals surface area contributed by atoms with Crippen molar-refractivity contribution in [3.63, 3.8) is 0 Å². The monoisotopic (exact) mass is 259 g/mol. The van der Waals surface area contributed by atoms with Crippen LogP contribution in [0.4, 0.5) is 8.78 Å². The molecule has 0 amide bonds. The number of fused-ring (bicyclic) bond motifs is 3. The maximum absolute atomic E-state index is 14.5. The summed E-state index contributed by atoms with van der Waals surface area (Å²) in [5, 5.41) is 0. The van der Waals surface area contributed by atoms with Gasteiger partial charge in [0.05, 0.1) is 5.69 Å². The minimum Gasteiger partial charge on any atom is -0.255 e. The van der Waals surface area contributed by atoms with Crippen molar-refractivity contribution in [2.45, 2.75) is 33.1 Å². The van der Waals surface area contributed by atoms with E-state index in [1.54, 1.807) is 19.9 Å². The van der Waals surface area contributed by atoms with Crippen LogP contribution >= 0.6 is 0 Å². The second-order valence-electron chi connectivity index (χ2n) is 5.70. The number of pyridine rings is 1. The Kier molecular flexibility index (Phi) is 2.34. The van der Waals surface area contributed by atoms with Crippen LogP contribution in [0, 0.1) is 25.5 Å². The zero-order valence-corrected chi connectivity index (χ0v) is 11.4. The third kappa shape index (κ3) is 1.41. The molecule has 98 valence electrons. The number of hydrogen-bond donors (Lipinski definition) is 0. The van der Waals surface area contributed by atoms with Crippen molar-refractivity contribution in [2.75, 3.05) is 0 Å². The molecular weight excluding hydrogens is 244 g/mol.